The van der Waals surface area contributed by atoms with E-state index in [0.717, 1.165) is 107 Å². The number of carbonyl (C=O) groups is 1. The molecule has 0 amide bonds. The number of aromatic nitrogens is 1. The van der Waals surface area contributed by atoms with Crippen LogP contribution in [0.5, 0.6) is 11.6 Å². The highest BCUT2D eigenvalue weighted by Crippen LogP contribution is 2.31. The first-order valence-corrected chi connectivity index (χ1v) is 19.7. The zero-order chi connectivity index (χ0) is 34.6. The Balaban J connectivity index is 0.914. The van der Waals surface area contributed by atoms with Crippen molar-refractivity contribution in [3.63, 3.8) is 0 Å². The van der Waals surface area contributed by atoms with E-state index < -0.39 is 0 Å². The van der Waals surface area contributed by atoms with Gasteiger partial charge in [-0.15, -0.1) is 11.3 Å². The standard InChI is InChI=1S/C43H55N3O3S/c1-2-3-4-5-6-7-8-9-10-11-12-13-14-15-16-22-43(47)49-42-26-24-36-23-25-37(35-39(36)44-42)48-33-18-17-28-45-29-31-46(32-30-45)40-20-19-21-41-38(40)27-34-50-41/h3-4,6-7,9-10,19-21,23-27,34-35H,2,5,8,11-18,22,28-33H2,1H3. The van der Waals surface area contributed by atoms with Gasteiger partial charge in [-0.2, -0.15) is 0 Å². The smallest absolute Gasteiger partial charge is 0.312 e. The lowest BCUT2D eigenvalue weighted by molar-refractivity contribution is -0.134. The molecule has 50 heavy (non-hydrogen) atoms. The SMILES string of the molecule is CCC=CCC=CCC=CCCCCCCCC(=O)Oc1ccc2ccc(OCCCCN3CCN(c4cccc5sccc45)CC3)cc2n1. The fourth-order valence-corrected chi connectivity index (χ4v) is 7.18. The number of ether oxygens (including phenoxy) is 2. The van der Waals surface area contributed by atoms with Crippen molar-refractivity contribution >= 4 is 44.0 Å². The number of esters is 1. The van der Waals surface area contributed by atoms with E-state index in [1.54, 1.807) is 6.07 Å². The molecule has 1 saturated heterocycles. The summed E-state index contributed by atoms with van der Waals surface area (Å²) in [6.07, 6.45) is 25.6. The van der Waals surface area contributed by atoms with Crippen LogP contribution in [0.2, 0.25) is 0 Å². The summed E-state index contributed by atoms with van der Waals surface area (Å²) in [4.78, 5) is 22.2. The van der Waals surface area contributed by atoms with Gasteiger partial charge in [0.2, 0.25) is 5.88 Å². The zero-order valence-electron chi connectivity index (χ0n) is 29.9. The predicted molar refractivity (Wildman–Crippen MR) is 212 cm³/mol. The normalized spacial score (nSPS) is 14.2. The number of hydrogen-bond donors (Lipinski definition) is 0. The minimum atomic E-state index is -0.216. The highest BCUT2D eigenvalue weighted by molar-refractivity contribution is 7.17. The van der Waals surface area contributed by atoms with Crippen molar-refractivity contribution in [2.75, 3.05) is 44.2 Å². The number of pyridine rings is 1. The summed E-state index contributed by atoms with van der Waals surface area (Å²) in [5.41, 5.74) is 2.15. The third kappa shape index (κ3) is 12.4. The summed E-state index contributed by atoms with van der Waals surface area (Å²) in [5.74, 6) is 0.935. The van der Waals surface area contributed by atoms with Crippen LogP contribution >= 0.6 is 11.3 Å². The van der Waals surface area contributed by atoms with Crippen LogP contribution < -0.4 is 14.4 Å². The van der Waals surface area contributed by atoms with Crippen LogP contribution in [0.4, 0.5) is 5.69 Å². The molecule has 5 rings (SSSR count). The first-order chi connectivity index (χ1) is 24.7. The molecule has 1 aliphatic rings. The summed E-state index contributed by atoms with van der Waals surface area (Å²) in [6.45, 7) is 8.27. The van der Waals surface area contributed by atoms with E-state index in [4.69, 9.17) is 9.47 Å². The Kier molecular flexibility index (Phi) is 15.9. The molecule has 2 aromatic carbocycles. The second kappa shape index (κ2) is 21.3. The van der Waals surface area contributed by atoms with Crippen LogP contribution in [0.25, 0.3) is 21.0 Å². The third-order valence-electron chi connectivity index (χ3n) is 9.21. The lowest BCUT2D eigenvalue weighted by Gasteiger charge is -2.36. The molecule has 0 atom stereocenters. The average molecular weight is 694 g/mol. The molecule has 2 aromatic heterocycles. The molecule has 0 bridgehead atoms. The maximum Gasteiger partial charge on any atom is 0.312 e. The highest BCUT2D eigenvalue weighted by atomic mass is 32.1. The van der Waals surface area contributed by atoms with E-state index in [-0.39, 0.29) is 5.97 Å². The fourth-order valence-electron chi connectivity index (χ4n) is 6.37. The molecule has 266 valence electrons. The Hall–Kier alpha value is -3.94. The minimum absolute atomic E-state index is 0.216. The van der Waals surface area contributed by atoms with Gasteiger partial charge in [0.1, 0.15) is 5.75 Å². The molecule has 0 unspecified atom stereocenters. The number of rotatable bonds is 21. The molecule has 0 radical (unpaired) electrons. The first kappa shape index (κ1) is 37.3. The van der Waals surface area contributed by atoms with E-state index in [2.05, 4.69) is 87.8 Å². The number of fused-ring (bicyclic) bond motifs is 2. The van der Waals surface area contributed by atoms with E-state index >= 15 is 0 Å². The fraction of sp³-hybridized carbons (Fsp3) is 0.442. The van der Waals surface area contributed by atoms with Crippen molar-refractivity contribution in [1.82, 2.24) is 9.88 Å². The van der Waals surface area contributed by atoms with E-state index in [9.17, 15) is 4.79 Å². The largest absolute Gasteiger partial charge is 0.494 e. The maximum atomic E-state index is 12.5. The molecule has 6 nitrogen and oxygen atoms in total. The van der Waals surface area contributed by atoms with Crippen molar-refractivity contribution in [3.8, 4) is 11.6 Å². The average Bonchev–Trinajstić information content (AvgIpc) is 3.63. The molecule has 1 fully saturated rings. The summed E-state index contributed by atoms with van der Waals surface area (Å²) in [5, 5.41) is 4.57. The van der Waals surface area contributed by atoms with Crippen molar-refractivity contribution in [1.29, 1.82) is 0 Å². The lowest BCUT2D eigenvalue weighted by atomic mass is 10.1. The molecule has 7 heteroatoms. The number of carbonyl (C=O) groups excluding carboxylic acids is 1. The minimum Gasteiger partial charge on any atom is -0.494 e. The van der Waals surface area contributed by atoms with Gasteiger partial charge in [-0.1, -0.05) is 68.7 Å². The summed E-state index contributed by atoms with van der Waals surface area (Å²) in [7, 11) is 0. The molecule has 3 heterocycles. The Morgan fingerprint density at radius 3 is 2.46 bits per heavy atom. The number of benzene rings is 2. The number of nitrogens with zero attached hydrogens (tertiary/aromatic N) is 3. The Morgan fingerprint density at radius 1 is 0.820 bits per heavy atom. The second-order valence-corrected chi connectivity index (χ2v) is 14.0. The number of allylic oxidation sites excluding steroid dienone is 6. The number of piperazine rings is 1. The van der Waals surface area contributed by atoms with Crippen LogP contribution in [0.1, 0.15) is 84.0 Å². The third-order valence-corrected chi connectivity index (χ3v) is 10.1. The maximum absolute atomic E-state index is 12.5. The Morgan fingerprint density at radius 2 is 1.60 bits per heavy atom. The summed E-state index contributed by atoms with van der Waals surface area (Å²) >= 11 is 1.82. The molecule has 4 aromatic rings. The second-order valence-electron chi connectivity index (χ2n) is 13.1. The van der Waals surface area contributed by atoms with Crippen LogP contribution in [0, 0.1) is 0 Å². The lowest BCUT2D eigenvalue weighted by Crippen LogP contribution is -2.46. The monoisotopic (exact) mass is 693 g/mol. The molecular formula is C43H55N3O3S. The molecule has 0 spiro atoms. The van der Waals surface area contributed by atoms with Crippen molar-refractivity contribution < 1.29 is 14.3 Å². The van der Waals surface area contributed by atoms with Gasteiger partial charge in [-0.25, -0.2) is 4.98 Å². The number of anilines is 1. The summed E-state index contributed by atoms with van der Waals surface area (Å²) in [6, 6.07) is 18.6. The molecule has 0 saturated carbocycles. The van der Waals surface area contributed by atoms with Crippen molar-refractivity contribution in [2.24, 2.45) is 0 Å². The van der Waals surface area contributed by atoms with Gasteiger partial charge in [0.15, 0.2) is 0 Å². The van der Waals surface area contributed by atoms with Gasteiger partial charge in [0.25, 0.3) is 0 Å². The highest BCUT2D eigenvalue weighted by Gasteiger charge is 2.18. The zero-order valence-corrected chi connectivity index (χ0v) is 30.8. The predicted octanol–water partition coefficient (Wildman–Crippen LogP) is 10.9. The van der Waals surface area contributed by atoms with Gasteiger partial charge in [-0.05, 0) is 99.7 Å². The topological polar surface area (TPSA) is 54.9 Å². The van der Waals surface area contributed by atoms with Crippen LogP contribution in [0.3, 0.4) is 0 Å². The van der Waals surface area contributed by atoms with Crippen LogP contribution in [0.15, 0.2) is 96.4 Å². The van der Waals surface area contributed by atoms with Gasteiger partial charge in [0.05, 0.1) is 12.1 Å². The quantitative estimate of drug-likeness (QED) is 0.0492. The molecular weight excluding hydrogens is 639 g/mol. The van der Waals surface area contributed by atoms with Crippen LogP contribution in [-0.4, -0.2) is 55.2 Å². The van der Waals surface area contributed by atoms with Gasteiger partial charge in [0, 0.05) is 65.9 Å². The number of hydrogen-bond acceptors (Lipinski definition) is 7. The molecule has 1 aliphatic heterocycles. The molecule has 0 aliphatic carbocycles. The summed E-state index contributed by atoms with van der Waals surface area (Å²) < 4.78 is 13.0. The molecule has 0 N–H and O–H groups in total. The van der Waals surface area contributed by atoms with Gasteiger partial charge < -0.3 is 14.4 Å². The van der Waals surface area contributed by atoms with E-state index in [0.29, 0.717) is 18.9 Å². The first-order valence-electron chi connectivity index (χ1n) is 18.8. The number of unbranched alkanes of at least 4 members (excludes halogenated alkanes) is 6. The van der Waals surface area contributed by atoms with Crippen molar-refractivity contribution in [2.45, 2.75) is 84.0 Å². The van der Waals surface area contributed by atoms with E-state index in [1.807, 2.05) is 35.6 Å². The number of thiophene rings is 1. The van der Waals surface area contributed by atoms with E-state index in [1.165, 1.54) is 28.6 Å². The Bertz CT molecular complexity index is 1690. The van der Waals surface area contributed by atoms with Crippen LogP contribution in [-0.2, 0) is 4.79 Å². The Labute approximate surface area is 303 Å². The van der Waals surface area contributed by atoms with Gasteiger partial charge >= 0.3 is 5.97 Å². The van der Waals surface area contributed by atoms with Gasteiger partial charge in [-0.3, -0.25) is 9.69 Å². The van der Waals surface area contributed by atoms with Crippen molar-refractivity contribution in [3.05, 3.63) is 96.4 Å².